The Morgan fingerprint density at radius 1 is 1.53 bits per heavy atom. The number of hydrogen-bond acceptors (Lipinski definition) is 3. The fourth-order valence-electron chi connectivity index (χ4n) is 1.86. The highest BCUT2D eigenvalue weighted by Gasteiger charge is 2.34. The Morgan fingerprint density at radius 3 is 2.73 bits per heavy atom. The molecular formula is C10H20N2O2S. The summed E-state index contributed by atoms with van der Waals surface area (Å²) in [6, 6.07) is -0.0909. The van der Waals surface area contributed by atoms with E-state index in [2.05, 4.69) is 12.2 Å². The molecule has 0 aromatic heterocycles. The summed E-state index contributed by atoms with van der Waals surface area (Å²) in [7, 11) is -0.828. The van der Waals surface area contributed by atoms with Gasteiger partial charge in [-0.1, -0.05) is 13.3 Å². The molecule has 1 aliphatic heterocycles. The number of rotatable bonds is 5. The van der Waals surface area contributed by atoms with Crippen LogP contribution in [0.5, 0.6) is 0 Å². The number of carbonyl (C=O) groups excluding carboxylic acids is 1. The van der Waals surface area contributed by atoms with Crippen molar-refractivity contribution in [3.8, 4) is 0 Å². The van der Waals surface area contributed by atoms with Crippen LogP contribution in [0.2, 0.25) is 0 Å². The van der Waals surface area contributed by atoms with Crippen molar-refractivity contribution in [1.82, 2.24) is 10.2 Å². The van der Waals surface area contributed by atoms with Gasteiger partial charge in [0.05, 0.1) is 12.2 Å². The Morgan fingerprint density at radius 2 is 2.20 bits per heavy atom. The van der Waals surface area contributed by atoms with Gasteiger partial charge in [-0.05, 0) is 13.3 Å². The predicted octanol–water partition coefficient (Wildman–Crippen LogP) is 0.311. The second kappa shape index (κ2) is 5.61. The molecule has 1 heterocycles. The van der Waals surface area contributed by atoms with Crippen molar-refractivity contribution in [3.05, 3.63) is 0 Å². The Kier molecular flexibility index (Phi) is 4.73. The average molecular weight is 232 g/mol. The quantitative estimate of drug-likeness (QED) is 0.742. The lowest BCUT2D eigenvalue weighted by atomic mass is 10.2. The highest BCUT2D eigenvalue weighted by molar-refractivity contribution is 7.84. The zero-order valence-corrected chi connectivity index (χ0v) is 10.5. The number of amides is 1. The van der Waals surface area contributed by atoms with Crippen molar-refractivity contribution < 1.29 is 9.00 Å². The third-order valence-electron chi connectivity index (χ3n) is 2.65. The van der Waals surface area contributed by atoms with Gasteiger partial charge in [0, 0.05) is 29.4 Å². The van der Waals surface area contributed by atoms with Crippen LogP contribution >= 0.6 is 0 Å². The molecule has 0 aromatic rings. The first-order chi connectivity index (χ1) is 7.06. The van der Waals surface area contributed by atoms with Crippen molar-refractivity contribution in [3.63, 3.8) is 0 Å². The van der Waals surface area contributed by atoms with E-state index in [1.165, 1.54) is 0 Å². The molecule has 1 aliphatic rings. The minimum atomic E-state index is -0.828. The van der Waals surface area contributed by atoms with Crippen LogP contribution in [0.15, 0.2) is 0 Å². The van der Waals surface area contributed by atoms with Crippen LogP contribution in [0.25, 0.3) is 0 Å². The fraction of sp³-hybridized carbons (Fsp3) is 0.900. The van der Waals surface area contributed by atoms with Crippen molar-refractivity contribution in [2.24, 2.45) is 0 Å². The maximum absolute atomic E-state index is 11.8. The van der Waals surface area contributed by atoms with E-state index >= 15 is 0 Å². The SMILES string of the molecule is CCCC1NC(C)C(=O)N1CCS(C)=O. The highest BCUT2D eigenvalue weighted by Crippen LogP contribution is 2.14. The smallest absolute Gasteiger partial charge is 0.240 e. The van der Waals surface area contributed by atoms with Gasteiger partial charge < -0.3 is 4.90 Å². The van der Waals surface area contributed by atoms with Gasteiger partial charge >= 0.3 is 0 Å². The molecule has 15 heavy (non-hydrogen) atoms. The molecule has 0 saturated carbocycles. The first-order valence-corrected chi connectivity index (χ1v) is 7.15. The van der Waals surface area contributed by atoms with E-state index in [4.69, 9.17) is 0 Å². The van der Waals surface area contributed by atoms with Gasteiger partial charge in [-0.25, -0.2) is 0 Å². The van der Waals surface area contributed by atoms with E-state index in [0.29, 0.717) is 12.3 Å². The van der Waals surface area contributed by atoms with Crippen molar-refractivity contribution in [2.45, 2.75) is 38.9 Å². The van der Waals surface area contributed by atoms with Crippen molar-refractivity contribution in [1.29, 1.82) is 0 Å². The molecule has 1 amide bonds. The third-order valence-corrected chi connectivity index (χ3v) is 3.41. The summed E-state index contributed by atoms with van der Waals surface area (Å²) in [5.41, 5.74) is 0. The average Bonchev–Trinajstić information content (AvgIpc) is 2.41. The molecule has 4 nitrogen and oxygen atoms in total. The van der Waals surface area contributed by atoms with Crippen LogP contribution in [0, 0.1) is 0 Å². The number of nitrogens with one attached hydrogen (secondary N) is 1. The monoisotopic (exact) mass is 232 g/mol. The summed E-state index contributed by atoms with van der Waals surface area (Å²) >= 11 is 0. The van der Waals surface area contributed by atoms with Crippen molar-refractivity contribution in [2.75, 3.05) is 18.6 Å². The summed E-state index contributed by atoms with van der Waals surface area (Å²) in [5.74, 6) is 0.708. The van der Waals surface area contributed by atoms with Gasteiger partial charge in [-0.3, -0.25) is 14.3 Å². The molecule has 0 spiro atoms. The molecule has 3 atom stereocenters. The summed E-state index contributed by atoms with van der Waals surface area (Å²) < 4.78 is 11.0. The van der Waals surface area contributed by atoms with Gasteiger partial charge in [0.15, 0.2) is 0 Å². The van der Waals surface area contributed by atoms with Crippen LogP contribution in [0.1, 0.15) is 26.7 Å². The van der Waals surface area contributed by atoms with Crippen molar-refractivity contribution >= 4 is 16.7 Å². The van der Waals surface area contributed by atoms with E-state index in [9.17, 15) is 9.00 Å². The summed E-state index contributed by atoms with van der Waals surface area (Å²) in [4.78, 5) is 13.6. The minimum absolute atomic E-state index is 0.0909. The molecule has 0 bridgehead atoms. The second-order valence-electron chi connectivity index (χ2n) is 4.00. The molecule has 1 rings (SSSR count). The third kappa shape index (κ3) is 3.28. The molecular weight excluding hydrogens is 212 g/mol. The van der Waals surface area contributed by atoms with Crippen LogP contribution in [0.4, 0.5) is 0 Å². The van der Waals surface area contributed by atoms with Crippen LogP contribution in [0.3, 0.4) is 0 Å². The number of carbonyl (C=O) groups is 1. The summed E-state index contributed by atoms with van der Waals surface area (Å²) in [6.07, 6.45) is 3.82. The summed E-state index contributed by atoms with van der Waals surface area (Å²) in [6.45, 7) is 4.59. The van der Waals surface area contributed by atoms with Crippen LogP contribution in [-0.4, -0.2) is 45.8 Å². The lowest BCUT2D eigenvalue weighted by Crippen LogP contribution is -2.39. The van der Waals surface area contributed by atoms with Gasteiger partial charge in [0.25, 0.3) is 0 Å². The Hall–Kier alpha value is -0.420. The van der Waals surface area contributed by atoms with E-state index in [-0.39, 0.29) is 18.1 Å². The maximum atomic E-state index is 11.8. The lowest BCUT2D eigenvalue weighted by molar-refractivity contribution is -0.129. The van der Waals surface area contributed by atoms with Gasteiger partial charge in [-0.2, -0.15) is 0 Å². The molecule has 0 aliphatic carbocycles. The second-order valence-corrected chi connectivity index (χ2v) is 5.56. The predicted molar refractivity (Wildman–Crippen MR) is 61.9 cm³/mol. The van der Waals surface area contributed by atoms with E-state index in [1.54, 1.807) is 6.26 Å². The lowest BCUT2D eigenvalue weighted by Gasteiger charge is -2.23. The first kappa shape index (κ1) is 12.6. The topological polar surface area (TPSA) is 49.4 Å². The Bertz CT molecular complexity index is 258. The van der Waals surface area contributed by atoms with Gasteiger partial charge in [0.2, 0.25) is 5.91 Å². The molecule has 3 unspecified atom stereocenters. The molecule has 1 N–H and O–H groups in total. The highest BCUT2D eigenvalue weighted by atomic mass is 32.2. The largest absolute Gasteiger partial charge is 0.325 e. The summed E-state index contributed by atoms with van der Waals surface area (Å²) in [5, 5.41) is 3.26. The minimum Gasteiger partial charge on any atom is -0.325 e. The fourth-order valence-corrected chi connectivity index (χ4v) is 2.31. The zero-order valence-electron chi connectivity index (χ0n) is 9.66. The van der Waals surface area contributed by atoms with Gasteiger partial charge in [0.1, 0.15) is 0 Å². The first-order valence-electron chi connectivity index (χ1n) is 5.42. The van der Waals surface area contributed by atoms with Crippen LogP contribution < -0.4 is 5.32 Å². The zero-order chi connectivity index (χ0) is 11.4. The van der Waals surface area contributed by atoms with Crippen LogP contribution in [-0.2, 0) is 15.6 Å². The maximum Gasteiger partial charge on any atom is 0.240 e. The number of hydrogen-bond donors (Lipinski definition) is 1. The molecule has 5 heteroatoms. The van der Waals surface area contributed by atoms with E-state index in [1.807, 2.05) is 11.8 Å². The van der Waals surface area contributed by atoms with Gasteiger partial charge in [-0.15, -0.1) is 0 Å². The molecule has 0 radical (unpaired) electrons. The Labute approximate surface area is 93.9 Å². The molecule has 0 aromatic carbocycles. The van der Waals surface area contributed by atoms with E-state index in [0.717, 1.165) is 12.8 Å². The molecule has 1 saturated heterocycles. The van der Waals surface area contributed by atoms with E-state index < -0.39 is 10.8 Å². The molecule has 88 valence electrons. The molecule has 1 fully saturated rings. The number of nitrogens with zero attached hydrogens (tertiary/aromatic N) is 1. The normalized spacial score (nSPS) is 28.5. The standard InChI is InChI=1S/C10H20N2O2S/c1-4-5-9-11-8(2)10(13)12(9)6-7-15(3)14/h8-9,11H,4-7H2,1-3H3. The Balaban J connectivity index is 2.56.